The molecule has 4 fully saturated rings. The number of carbonyl (C=O) groups is 2. The quantitative estimate of drug-likeness (QED) is 0.371. The summed E-state index contributed by atoms with van der Waals surface area (Å²) in [4.78, 5) is 39.5. The van der Waals surface area contributed by atoms with Gasteiger partial charge in [0.2, 0.25) is 11.5 Å². The average Bonchev–Trinajstić information content (AvgIpc) is 3.52. The van der Waals surface area contributed by atoms with Crippen molar-refractivity contribution in [2.24, 2.45) is 16.8 Å². The Kier molecular flexibility index (Phi) is 8.63. The highest BCUT2D eigenvalue weighted by Gasteiger charge is 2.42. The maximum absolute atomic E-state index is 13.7. The van der Waals surface area contributed by atoms with Gasteiger partial charge in [-0.25, -0.2) is 4.39 Å². The zero-order chi connectivity index (χ0) is 32.0. The van der Waals surface area contributed by atoms with Gasteiger partial charge in [0, 0.05) is 49.2 Å². The van der Waals surface area contributed by atoms with Crippen LogP contribution in [0.1, 0.15) is 87.2 Å². The van der Waals surface area contributed by atoms with Gasteiger partial charge in [-0.05, 0) is 126 Å². The Bertz CT molecular complexity index is 1620. The summed E-state index contributed by atoms with van der Waals surface area (Å²) in [7, 11) is 0. The van der Waals surface area contributed by atoms with E-state index in [1.165, 1.54) is 29.8 Å². The molecule has 0 radical (unpaired) electrons. The molecule has 2 atom stereocenters. The Balaban J connectivity index is 1.15. The molecule has 1 aromatic heterocycles. The molecule has 9 nitrogen and oxygen atoms in total. The maximum Gasteiger partial charge on any atom is 0.280 e. The van der Waals surface area contributed by atoms with Gasteiger partial charge in [0.1, 0.15) is 5.82 Å². The van der Waals surface area contributed by atoms with Crippen LogP contribution >= 0.6 is 0 Å². The highest BCUT2D eigenvalue weighted by molar-refractivity contribution is 5.95. The lowest BCUT2D eigenvalue weighted by Gasteiger charge is -2.39. The van der Waals surface area contributed by atoms with E-state index in [-0.39, 0.29) is 12.0 Å². The Morgan fingerprint density at radius 2 is 1.57 bits per heavy atom. The van der Waals surface area contributed by atoms with Gasteiger partial charge in [0.25, 0.3) is 5.91 Å². The number of amides is 2. The highest BCUT2D eigenvalue weighted by atomic mass is 19.1. The number of imidazole rings is 1. The van der Waals surface area contributed by atoms with Crippen LogP contribution in [0.15, 0.2) is 47.5 Å². The van der Waals surface area contributed by atoms with Crippen LogP contribution in [0, 0.1) is 17.7 Å². The van der Waals surface area contributed by atoms with Gasteiger partial charge < -0.3 is 24.9 Å². The van der Waals surface area contributed by atoms with Crippen molar-refractivity contribution in [2.75, 3.05) is 26.2 Å². The van der Waals surface area contributed by atoms with E-state index in [1.807, 2.05) is 13.8 Å². The molecule has 46 heavy (non-hydrogen) atoms. The first kappa shape index (κ1) is 31.3. The SMILES string of the molecule is CC(C)(O)C1CCN(Cc2ccc3[nH]/c(=N\C(=O)c4ccc(F)cc4)n([C@H]4CC[C@@H](C(=O)N5C6CCC5CNC6)CC4)c3c2)CC1. The molecule has 3 N–H and O–H groups in total. The van der Waals surface area contributed by atoms with Crippen molar-refractivity contribution in [2.45, 2.75) is 95.5 Å². The summed E-state index contributed by atoms with van der Waals surface area (Å²) in [5.41, 5.74) is 3.27. The molecule has 10 heteroatoms. The number of aliphatic hydroxyl groups is 1. The van der Waals surface area contributed by atoms with Crippen molar-refractivity contribution in [3.63, 3.8) is 0 Å². The molecule has 2 amide bonds. The molecular formula is C36H47FN6O3. The summed E-state index contributed by atoms with van der Waals surface area (Å²) in [6.45, 7) is 8.32. The van der Waals surface area contributed by atoms with Crippen LogP contribution in [-0.2, 0) is 11.3 Å². The van der Waals surface area contributed by atoms with Crippen LogP contribution in [0.5, 0.6) is 0 Å². The summed E-state index contributed by atoms with van der Waals surface area (Å²) in [5.74, 6) is -0.151. The smallest absolute Gasteiger partial charge is 0.280 e. The van der Waals surface area contributed by atoms with Gasteiger partial charge in [-0.1, -0.05) is 6.07 Å². The number of likely N-dealkylation sites (tertiary alicyclic amines) is 1. The van der Waals surface area contributed by atoms with Gasteiger partial charge in [-0.2, -0.15) is 4.99 Å². The number of nitrogens with one attached hydrogen (secondary N) is 2. The minimum Gasteiger partial charge on any atom is -0.390 e. The van der Waals surface area contributed by atoms with Crippen molar-refractivity contribution >= 4 is 22.8 Å². The van der Waals surface area contributed by atoms with Gasteiger partial charge in [0.05, 0.1) is 16.6 Å². The lowest BCUT2D eigenvalue weighted by atomic mass is 9.83. The number of nitrogens with zero attached hydrogens (tertiary/aromatic N) is 4. The Morgan fingerprint density at radius 3 is 2.22 bits per heavy atom. The van der Waals surface area contributed by atoms with Crippen LogP contribution in [0.2, 0.25) is 0 Å². The number of piperidine rings is 1. The van der Waals surface area contributed by atoms with Gasteiger partial charge in [0.15, 0.2) is 0 Å². The normalized spacial score (nSPS) is 26.6. The molecule has 3 saturated heterocycles. The minimum atomic E-state index is -0.652. The first-order valence-electron chi connectivity index (χ1n) is 17.2. The number of aromatic amines is 1. The fraction of sp³-hybridized carbons (Fsp3) is 0.583. The first-order valence-corrected chi connectivity index (χ1v) is 17.2. The van der Waals surface area contributed by atoms with Crippen molar-refractivity contribution in [1.82, 2.24) is 24.7 Å². The molecule has 1 aliphatic carbocycles. The predicted molar refractivity (Wildman–Crippen MR) is 174 cm³/mol. The van der Waals surface area contributed by atoms with E-state index in [9.17, 15) is 19.1 Å². The topological polar surface area (TPSA) is 106 Å². The molecule has 4 aliphatic rings. The number of piperazine rings is 1. The molecule has 4 heterocycles. The molecule has 1 saturated carbocycles. The summed E-state index contributed by atoms with van der Waals surface area (Å²) in [5, 5.41) is 14.0. The molecule has 3 aliphatic heterocycles. The van der Waals surface area contributed by atoms with Crippen LogP contribution in [0.25, 0.3) is 11.0 Å². The molecule has 2 bridgehead atoms. The standard InChI is InChI=1S/C36H47FN6O3/c1-36(2,46)26-15-17-41(18-16-26)22-23-3-14-31-32(19-23)43(35(39-31)40-33(44)24-4-8-27(37)9-5-24)28-10-6-25(7-11-28)34(45)42-29-12-13-30(42)21-38-20-29/h3-5,8-9,14,19,25-26,28-30,38,46H,6-7,10-13,15-18,20-22H2,1-2H3,(H,39,40,44)/t25-,28+,29?,30?. The van der Waals surface area contributed by atoms with Gasteiger partial charge in [-0.3, -0.25) is 14.5 Å². The number of H-pyrrole nitrogens is 1. The first-order chi connectivity index (χ1) is 22.1. The number of fused-ring (bicyclic) bond motifs is 3. The van der Waals surface area contributed by atoms with Crippen molar-refractivity contribution < 1.29 is 19.1 Å². The summed E-state index contributed by atoms with van der Waals surface area (Å²) in [6.07, 6.45) is 7.42. The molecule has 3 aromatic rings. The van der Waals surface area contributed by atoms with E-state index in [0.29, 0.717) is 35.1 Å². The van der Waals surface area contributed by atoms with Crippen LogP contribution < -0.4 is 10.9 Å². The zero-order valence-corrected chi connectivity index (χ0v) is 27.1. The summed E-state index contributed by atoms with van der Waals surface area (Å²) < 4.78 is 15.7. The van der Waals surface area contributed by atoms with Crippen molar-refractivity contribution in [3.8, 4) is 0 Å². The van der Waals surface area contributed by atoms with E-state index in [4.69, 9.17) is 0 Å². The van der Waals surface area contributed by atoms with E-state index < -0.39 is 17.3 Å². The lowest BCUT2D eigenvalue weighted by molar-refractivity contribution is -0.140. The fourth-order valence-electron chi connectivity index (χ4n) is 8.47. The van der Waals surface area contributed by atoms with E-state index in [0.717, 1.165) is 95.1 Å². The van der Waals surface area contributed by atoms with E-state index >= 15 is 0 Å². The second-order valence-electron chi connectivity index (χ2n) is 14.6. The minimum absolute atomic E-state index is 0.0341. The summed E-state index contributed by atoms with van der Waals surface area (Å²) in [6, 6.07) is 12.7. The molecule has 2 aromatic carbocycles. The van der Waals surface area contributed by atoms with Gasteiger partial charge in [-0.15, -0.1) is 0 Å². The van der Waals surface area contributed by atoms with E-state index in [1.54, 1.807) is 0 Å². The number of halogens is 1. The maximum atomic E-state index is 13.7. The van der Waals surface area contributed by atoms with Crippen LogP contribution in [0.4, 0.5) is 4.39 Å². The van der Waals surface area contributed by atoms with Crippen molar-refractivity contribution in [1.29, 1.82) is 0 Å². The number of hydrogen-bond acceptors (Lipinski definition) is 5. The molecular weight excluding hydrogens is 583 g/mol. The second-order valence-corrected chi connectivity index (χ2v) is 14.6. The Hall–Kier alpha value is -3.34. The molecule has 0 spiro atoms. The van der Waals surface area contributed by atoms with Crippen molar-refractivity contribution in [3.05, 3.63) is 65.0 Å². The largest absolute Gasteiger partial charge is 0.390 e. The number of carbonyl (C=O) groups excluding carboxylic acids is 2. The van der Waals surface area contributed by atoms with Crippen LogP contribution in [-0.4, -0.2) is 80.1 Å². The predicted octanol–water partition coefficient (Wildman–Crippen LogP) is 4.53. The van der Waals surface area contributed by atoms with E-state index in [2.05, 4.69) is 47.9 Å². The lowest BCUT2D eigenvalue weighted by Crippen LogP contribution is -2.55. The molecule has 7 rings (SSSR count). The molecule has 246 valence electrons. The Morgan fingerprint density at radius 1 is 0.913 bits per heavy atom. The summed E-state index contributed by atoms with van der Waals surface area (Å²) >= 11 is 0. The number of rotatable bonds is 6. The third-order valence-electron chi connectivity index (χ3n) is 11.1. The monoisotopic (exact) mass is 630 g/mol. The fourth-order valence-corrected chi connectivity index (χ4v) is 8.47. The number of benzene rings is 2. The molecule has 2 unspecified atom stereocenters. The van der Waals surface area contributed by atoms with Gasteiger partial charge >= 0.3 is 0 Å². The zero-order valence-electron chi connectivity index (χ0n) is 27.1. The number of hydrogen-bond donors (Lipinski definition) is 3. The highest BCUT2D eigenvalue weighted by Crippen LogP contribution is 2.37. The van der Waals surface area contributed by atoms with Crippen LogP contribution in [0.3, 0.4) is 0 Å². The average molecular weight is 631 g/mol. The Labute approximate surface area is 269 Å². The third kappa shape index (κ3) is 6.31. The number of aromatic nitrogens is 2. The second kappa shape index (κ2) is 12.7. The third-order valence-corrected chi connectivity index (χ3v) is 11.1.